The van der Waals surface area contributed by atoms with E-state index in [1.807, 2.05) is 0 Å². The second-order valence-corrected chi connectivity index (χ2v) is 5.39. The molecule has 1 aromatic carbocycles. The maximum atomic E-state index is 14.5. The van der Waals surface area contributed by atoms with Crippen LogP contribution in [0.2, 0.25) is 0 Å². The molecule has 3 aromatic rings. The maximum absolute atomic E-state index is 14.5. The number of nitrogens with zero attached hydrogens (tertiary/aromatic N) is 2. The SMILES string of the molecule is CCOC(=O)c1cn(CCF)c2cc(-n3cccc3)c(F)cc2c1=O. The molecule has 25 heavy (non-hydrogen) atoms. The predicted octanol–water partition coefficient (Wildman–Crippen LogP) is 3.08. The van der Waals surface area contributed by atoms with Crippen LogP contribution in [0.15, 0.2) is 47.7 Å². The lowest BCUT2D eigenvalue weighted by Crippen LogP contribution is -2.21. The zero-order valence-corrected chi connectivity index (χ0v) is 13.5. The second-order valence-electron chi connectivity index (χ2n) is 5.39. The lowest BCUT2D eigenvalue weighted by atomic mass is 10.1. The summed E-state index contributed by atoms with van der Waals surface area (Å²) < 4.78 is 35.3. The number of hydrogen-bond donors (Lipinski definition) is 0. The highest BCUT2D eigenvalue weighted by Crippen LogP contribution is 2.21. The van der Waals surface area contributed by atoms with Crippen molar-refractivity contribution in [1.82, 2.24) is 9.13 Å². The number of fused-ring (bicyclic) bond motifs is 1. The van der Waals surface area contributed by atoms with Crippen molar-refractivity contribution in [3.63, 3.8) is 0 Å². The van der Waals surface area contributed by atoms with Gasteiger partial charge in [0.05, 0.1) is 24.4 Å². The third-order valence-corrected chi connectivity index (χ3v) is 3.85. The van der Waals surface area contributed by atoms with E-state index in [1.54, 1.807) is 36.0 Å². The van der Waals surface area contributed by atoms with Crippen molar-refractivity contribution in [1.29, 1.82) is 0 Å². The second kappa shape index (κ2) is 6.88. The van der Waals surface area contributed by atoms with E-state index in [0.717, 1.165) is 6.07 Å². The minimum atomic E-state index is -0.808. The number of alkyl halides is 1. The van der Waals surface area contributed by atoms with E-state index < -0.39 is 23.9 Å². The zero-order valence-electron chi connectivity index (χ0n) is 13.5. The van der Waals surface area contributed by atoms with Crippen LogP contribution in [0.4, 0.5) is 8.78 Å². The molecule has 0 fully saturated rings. The van der Waals surface area contributed by atoms with Gasteiger partial charge in [0, 0.05) is 24.0 Å². The van der Waals surface area contributed by atoms with Crippen molar-refractivity contribution in [2.75, 3.05) is 13.3 Å². The molecule has 5 nitrogen and oxygen atoms in total. The summed E-state index contributed by atoms with van der Waals surface area (Å²) in [6, 6.07) is 6.02. The molecule has 0 radical (unpaired) electrons. The highest BCUT2D eigenvalue weighted by atomic mass is 19.1. The largest absolute Gasteiger partial charge is 0.462 e. The van der Waals surface area contributed by atoms with Crippen LogP contribution in [0.3, 0.4) is 0 Å². The minimum absolute atomic E-state index is 0.00686. The summed E-state index contributed by atoms with van der Waals surface area (Å²) in [6.07, 6.45) is 4.59. The van der Waals surface area contributed by atoms with Crippen LogP contribution in [0.25, 0.3) is 16.6 Å². The molecule has 0 saturated heterocycles. The van der Waals surface area contributed by atoms with Crippen molar-refractivity contribution in [2.45, 2.75) is 13.5 Å². The molecule has 0 aliphatic carbocycles. The number of aromatic nitrogens is 2. The van der Waals surface area contributed by atoms with Gasteiger partial charge in [-0.25, -0.2) is 13.6 Å². The molecule has 0 unspecified atom stereocenters. The number of carbonyl (C=O) groups excluding carboxylic acids is 1. The molecular weight excluding hydrogens is 330 g/mol. The molecule has 2 aromatic heterocycles. The Kier molecular flexibility index (Phi) is 4.65. The van der Waals surface area contributed by atoms with Crippen molar-refractivity contribution in [3.8, 4) is 5.69 Å². The molecule has 0 spiro atoms. The lowest BCUT2D eigenvalue weighted by molar-refractivity contribution is 0.0524. The van der Waals surface area contributed by atoms with E-state index in [4.69, 9.17) is 4.74 Å². The fourth-order valence-corrected chi connectivity index (χ4v) is 2.72. The van der Waals surface area contributed by atoms with E-state index in [2.05, 4.69) is 0 Å². The van der Waals surface area contributed by atoms with Crippen LogP contribution >= 0.6 is 0 Å². The summed E-state index contributed by atoms with van der Waals surface area (Å²) in [5.74, 6) is -1.43. The van der Waals surface area contributed by atoms with Gasteiger partial charge >= 0.3 is 5.97 Å². The van der Waals surface area contributed by atoms with Gasteiger partial charge in [0.25, 0.3) is 0 Å². The third kappa shape index (κ3) is 3.05. The van der Waals surface area contributed by atoms with Crippen LogP contribution in [-0.4, -0.2) is 28.4 Å². The van der Waals surface area contributed by atoms with Gasteiger partial charge in [0.15, 0.2) is 0 Å². The quantitative estimate of drug-likeness (QED) is 0.667. The first-order valence-electron chi connectivity index (χ1n) is 7.80. The monoisotopic (exact) mass is 346 g/mol. The number of esters is 1. The Balaban J connectivity index is 2.30. The van der Waals surface area contributed by atoms with Crippen LogP contribution in [-0.2, 0) is 11.3 Å². The Bertz CT molecular complexity index is 978. The molecule has 0 N–H and O–H groups in total. The molecule has 0 bridgehead atoms. The van der Waals surface area contributed by atoms with E-state index in [1.165, 1.54) is 16.8 Å². The summed E-state index contributed by atoms with van der Waals surface area (Å²) in [5.41, 5.74) is -0.299. The highest BCUT2D eigenvalue weighted by Gasteiger charge is 2.18. The number of halogens is 2. The fraction of sp³-hybridized carbons (Fsp3) is 0.222. The Labute approximate surface area is 142 Å². The maximum Gasteiger partial charge on any atom is 0.343 e. The van der Waals surface area contributed by atoms with Crippen molar-refractivity contribution < 1.29 is 18.3 Å². The number of ether oxygens (including phenoxy) is 1. The standard InChI is InChI=1S/C18H16F2N2O3/c1-2-25-18(24)13-11-22(8-5-19)15-10-16(21-6-3-4-7-21)14(20)9-12(15)17(13)23/h3-4,6-7,9-11H,2,5,8H2,1H3. The summed E-state index contributed by atoms with van der Waals surface area (Å²) in [4.78, 5) is 24.5. The molecule has 0 amide bonds. The van der Waals surface area contributed by atoms with E-state index >= 15 is 0 Å². The Hall–Kier alpha value is -2.96. The number of pyridine rings is 1. The molecule has 0 aliphatic heterocycles. The number of benzene rings is 1. The molecule has 7 heteroatoms. The number of rotatable bonds is 5. The van der Waals surface area contributed by atoms with Crippen LogP contribution in [0, 0.1) is 5.82 Å². The Morgan fingerprint density at radius 3 is 2.60 bits per heavy atom. The third-order valence-electron chi connectivity index (χ3n) is 3.85. The Morgan fingerprint density at radius 2 is 1.96 bits per heavy atom. The van der Waals surface area contributed by atoms with Crippen molar-refractivity contribution >= 4 is 16.9 Å². The topological polar surface area (TPSA) is 53.2 Å². The first-order valence-corrected chi connectivity index (χ1v) is 7.80. The van der Waals surface area contributed by atoms with Gasteiger partial charge in [-0.1, -0.05) is 0 Å². The smallest absolute Gasteiger partial charge is 0.343 e. The van der Waals surface area contributed by atoms with Gasteiger partial charge in [-0.05, 0) is 31.2 Å². The van der Waals surface area contributed by atoms with E-state index in [0.29, 0.717) is 5.52 Å². The molecule has 130 valence electrons. The summed E-state index contributed by atoms with van der Waals surface area (Å²) in [6.45, 7) is 0.943. The van der Waals surface area contributed by atoms with Gasteiger partial charge in [-0.3, -0.25) is 4.79 Å². The molecule has 3 rings (SSSR count). The molecule has 0 saturated carbocycles. The zero-order chi connectivity index (χ0) is 18.0. The van der Waals surface area contributed by atoms with Crippen LogP contribution in [0.1, 0.15) is 17.3 Å². The fourth-order valence-electron chi connectivity index (χ4n) is 2.72. The van der Waals surface area contributed by atoms with Gasteiger partial charge in [-0.15, -0.1) is 0 Å². The van der Waals surface area contributed by atoms with Crippen molar-refractivity contribution in [2.24, 2.45) is 0 Å². The van der Waals surface area contributed by atoms with E-state index in [-0.39, 0.29) is 29.8 Å². The van der Waals surface area contributed by atoms with Crippen LogP contribution < -0.4 is 5.43 Å². The van der Waals surface area contributed by atoms with Gasteiger partial charge < -0.3 is 13.9 Å². The predicted molar refractivity (Wildman–Crippen MR) is 89.4 cm³/mol. The van der Waals surface area contributed by atoms with E-state index in [9.17, 15) is 18.4 Å². The van der Waals surface area contributed by atoms with Gasteiger partial charge in [0.2, 0.25) is 5.43 Å². The van der Waals surface area contributed by atoms with Gasteiger partial charge in [0.1, 0.15) is 18.1 Å². The average Bonchev–Trinajstić information content (AvgIpc) is 3.11. The van der Waals surface area contributed by atoms with Crippen LogP contribution in [0.5, 0.6) is 0 Å². The van der Waals surface area contributed by atoms with Gasteiger partial charge in [-0.2, -0.15) is 0 Å². The molecule has 0 atom stereocenters. The number of carbonyl (C=O) groups is 1. The highest BCUT2D eigenvalue weighted by molar-refractivity contribution is 5.94. The average molecular weight is 346 g/mol. The summed E-state index contributed by atoms with van der Waals surface area (Å²) >= 11 is 0. The first-order chi connectivity index (χ1) is 12.1. The van der Waals surface area contributed by atoms with Crippen molar-refractivity contribution in [3.05, 3.63) is 64.5 Å². The number of hydrogen-bond acceptors (Lipinski definition) is 3. The summed E-state index contributed by atoms with van der Waals surface area (Å²) in [7, 11) is 0. The molecular formula is C18H16F2N2O3. The summed E-state index contributed by atoms with van der Waals surface area (Å²) in [5, 5.41) is 0.00686. The lowest BCUT2D eigenvalue weighted by Gasteiger charge is -2.14. The molecule has 0 aliphatic rings. The Morgan fingerprint density at radius 1 is 1.24 bits per heavy atom. The first kappa shape index (κ1) is 16.9. The number of aryl methyl sites for hydroxylation is 1. The molecule has 2 heterocycles. The minimum Gasteiger partial charge on any atom is -0.462 e. The normalized spacial score (nSPS) is 11.0.